The number of nitrogens with zero attached hydrogens (tertiary/aromatic N) is 1. The molecular weight excluding hydrogens is 174 g/mol. The van der Waals surface area contributed by atoms with Crippen LogP contribution in [-0.2, 0) is 4.79 Å². The molecule has 1 heterocycles. The molecule has 0 atom stereocenters. The molecule has 2 aliphatic rings. The number of hydrogen-bond donors (Lipinski definition) is 0. The fourth-order valence-corrected chi connectivity index (χ4v) is 2.26. The van der Waals surface area contributed by atoms with Crippen LogP contribution in [0.1, 0.15) is 39.0 Å². The maximum atomic E-state index is 11.5. The first kappa shape index (κ1) is 9.75. The summed E-state index contributed by atoms with van der Waals surface area (Å²) in [7, 11) is 1.92. The average molecular weight is 193 g/mol. The smallest absolute Gasteiger partial charge is 0.222 e. The van der Waals surface area contributed by atoms with Crippen LogP contribution in [0.25, 0.3) is 0 Å². The van der Waals surface area contributed by atoms with Crippen LogP contribution >= 0.6 is 0 Å². The van der Waals surface area contributed by atoms with E-state index in [0.29, 0.717) is 12.3 Å². The monoisotopic (exact) mass is 193 g/mol. The maximum Gasteiger partial charge on any atom is 0.222 e. The van der Waals surface area contributed by atoms with Crippen molar-refractivity contribution in [1.29, 1.82) is 0 Å². The SMILES string of the molecule is CC1=C(C2CC2)CCN(C)C(=O)CC1. The Balaban J connectivity index is 2.10. The summed E-state index contributed by atoms with van der Waals surface area (Å²) in [5.41, 5.74) is 3.15. The van der Waals surface area contributed by atoms with E-state index in [4.69, 9.17) is 0 Å². The second-order valence-corrected chi connectivity index (χ2v) is 4.65. The third-order valence-electron chi connectivity index (χ3n) is 3.47. The van der Waals surface area contributed by atoms with Gasteiger partial charge in [-0.2, -0.15) is 0 Å². The first-order valence-electron chi connectivity index (χ1n) is 5.61. The van der Waals surface area contributed by atoms with Crippen molar-refractivity contribution in [1.82, 2.24) is 4.90 Å². The molecule has 1 aliphatic heterocycles. The van der Waals surface area contributed by atoms with Crippen molar-refractivity contribution in [2.75, 3.05) is 13.6 Å². The second kappa shape index (κ2) is 3.76. The second-order valence-electron chi connectivity index (χ2n) is 4.65. The standard InChI is InChI=1S/C12H19NO/c1-9-3-6-12(14)13(2)8-7-11(9)10-4-5-10/h10H,3-8H2,1-2H3. The molecule has 78 valence electrons. The summed E-state index contributed by atoms with van der Waals surface area (Å²) in [6.07, 6.45) is 5.56. The van der Waals surface area contributed by atoms with E-state index in [1.807, 2.05) is 11.9 Å². The number of carbonyl (C=O) groups excluding carboxylic acids is 1. The minimum absolute atomic E-state index is 0.305. The molecule has 0 aromatic carbocycles. The van der Waals surface area contributed by atoms with Crippen molar-refractivity contribution < 1.29 is 4.79 Å². The number of amides is 1. The van der Waals surface area contributed by atoms with Gasteiger partial charge in [0.05, 0.1) is 0 Å². The Morgan fingerprint density at radius 3 is 2.57 bits per heavy atom. The molecular formula is C12H19NO. The van der Waals surface area contributed by atoms with Gasteiger partial charge in [0, 0.05) is 20.0 Å². The quantitative estimate of drug-likeness (QED) is 0.585. The lowest BCUT2D eigenvalue weighted by Crippen LogP contribution is -2.29. The van der Waals surface area contributed by atoms with Gasteiger partial charge >= 0.3 is 0 Å². The molecule has 2 nitrogen and oxygen atoms in total. The van der Waals surface area contributed by atoms with Gasteiger partial charge in [-0.3, -0.25) is 4.79 Å². The Bertz CT molecular complexity index is 276. The van der Waals surface area contributed by atoms with Crippen molar-refractivity contribution in [2.24, 2.45) is 5.92 Å². The summed E-state index contributed by atoms with van der Waals surface area (Å²) in [5.74, 6) is 1.18. The predicted octanol–water partition coefficient (Wildman–Crippen LogP) is 2.36. The zero-order chi connectivity index (χ0) is 10.1. The van der Waals surface area contributed by atoms with Crippen LogP contribution in [0, 0.1) is 5.92 Å². The Morgan fingerprint density at radius 2 is 1.93 bits per heavy atom. The molecule has 0 aromatic rings. The van der Waals surface area contributed by atoms with Crippen LogP contribution in [0.4, 0.5) is 0 Å². The fourth-order valence-electron chi connectivity index (χ4n) is 2.26. The third-order valence-corrected chi connectivity index (χ3v) is 3.47. The Hall–Kier alpha value is -0.790. The van der Waals surface area contributed by atoms with Crippen molar-refractivity contribution >= 4 is 5.91 Å². The van der Waals surface area contributed by atoms with E-state index in [0.717, 1.165) is 25.3 Å². The molecule has 0 spiro atoms. The lowest BCUT2D eigenvalue weighted by atomic mass is 9.96. The lowest BCUT2D eigenvalue weighted by Gasteiger charge is -2.23. The summed E-state index contributed by atoms with van der Waals surface area (Å²) >= 11 is 0. The Kier molecular flexibility index (Phi) is 2.62. The summed E-state index contributed by atoms with van der Waals surface area (Å²) in [6.45, 7) is 3.13. The number of rotatable bonds is 1. The van der Waals surface area contributed by atoms with E-state index in [9.17, 15) is 4.79 Å². The van der Waals surface area contributed by atoms with Gasteiger partial charge in [-0.1, -0.05) is 11.1 Å². The van der Waals surface area contributed by atoms with Crippen LogP contribution in [-0.4, -0.2) is 24.4 Å². The highest BCUT2D eigenvalue weighted by atomic mass is 16.2. The molecule has 1 aliphatic carbocycles. The van der Waals surface area contributed by atoms with Gasteiger partial charge in [0.25, 0.3) is 0 Å². The van der Waals surface area contributed by atoms with Crippen LogP contribution < -0.4 is 0 Å². The van der Waals surface area contributed by atoms with E-state index in [1.165, 1.54) is 18.4 Å². The first-order chi connectivity index (χ1) is 6.68. The zero-order valence-electron chi connectivity index (χ0n) is 9.18. The summed E-state index contributed by atoms with van der Waals surface area (Å²) in [6, 6.07) is 0. The van der Waals surface area contributed by atoms with Gasteiger partial charge in [0.2, 0.25) is 5.91 Å². The number of hydrogen-bond acceptors (Lipinski definition) is 1. The molecule has 1 amide bonds. The molecule has 14 heavy (non-hydrogen) atoms. The normalized spacial score (nSPS) is 25.0. The van der Waals surface area contributed by atoms with E-state index >= 15 is 0 Å². The van der Waals surface area contributed by atoms with Crippen molar-refractivity contribution in [2.45, 2.75) is 39.0 Å². The maximum absolute atomic E-state index is 11.5. The van der Waals surface area contributed by atoms with Gasteiger partial charge in [-0.15, -0.1) is 0 Å². The van der Waals surface area contributed by atoms with Crippen LogP contribution in [0.3, 0.4) is 0 Å². The predicted molar refractivity (Wildman–Crippen MR) is 56.9 cm³/mol. The van der Waals surface area contributed by atoms with Crippen LogP contribution in [0.5, 0.6) is 0 Å². The van der Waals surface area contributed by atoms with Crippen LogP contribution in [0.2, 0.25) is 0 Å². The molecule has 0 unspecified atom stereocenters. The van der Waals surface area contributed by atoms with E-state index in [2.05, 4.69) is 6.92 Å². The molecule has 0 radical (unpaired) electrons. The third kappa shape index (κ3) is 1.99. The van der Waals surface area contributed by atoms with Crippen molar-refractivity contribution in [3.8, 4) is 0 Å². The highest BCUT2D eigenvalue weighted by Crippen LogP contribution is 2.40. The molecule has 0 saturated heterocycles. The topological polar surface area (TPSA) is 20.3 Å². The lowest BCUT2D eigenvalue weighted by molar-refractivity contribution is -0.129. The molecule has 2 heteroatoms. The highest BCUT2D eigenvalue weighted by Gasteiger charge is 2.28. The molecule has 0 bridgehead atoms. The van der Waals surface area contributed by atoms with Gasteiger partial charge in [0.15, 0.2) is 0 Å². The summed E-state index contributed by atoms with van der Waals surface area (Å²) in [4.78, 5) is 13.4. The van der Waals surface area contributed by atoms with E-state index in [-0.39, 0.29) is 0 Å². The first-order valence-corrected chi connectivity index (χ1v) is 5.61. The van der Waals surface area contributed by atoms with Gasteiger partial charge in [0.1, 0.15) is 0 Å². The summed E-state index contributed by atoms with van der Waals surface area (Å²) in [5, 5.41) is 0. The summed E-state index contributed by atoms with van der Waals surface area (Å²) < 4.78 is 0. The van der Waals surface area contributed by atoms with E-state index < -0.39 is 0 Å². The van der Waals surface area contributed by atoms with E-state index in [1.54, 1.807) is 5.57 Å². The largest absolute Gasteiger partial charge is 0.345 e. The minimum Gasteiger partial charge on any atom is -0.345 e. The molecule has 2 rings (SSSR count). The Morgan fingerprint density at radius 1 is 1.21 bits per heavy atom. The minimum atomic E-state index is 0.305. The van der Waals surface area contributed by atoms with Gasteiger partial charge in [-0.05, 0) is 38.5 Å². The molecule has 1 saturated carbocycles. The molecule has 0 N–H and O–H groups in total. The zero-order valence-corrected chi connectivity index (χ0v) is 9.18. The highest BCUT2D eigenvalue weighted by molar-refractivity contribution is 5.76. The van der Waals surface area contributed by atoms with Crippen LogP contribution in [0.15, 0.2) is 11.1 Å². The van der Waals surface area contributed by atoms with Gasteiger partial charge < -0.3 is 4.90 Å². The fraction of sp³-hybridized carbons (Fsp3) is 0.750. The average Bonchev–Trinajstić information content (AvgIpc) is 2.96. The Labute approximate surface area is 86.0 Å². The van der Waals surface area contributed by atoms with Gasteiger partial charge in [-0.25, -0.2) is 0 Å². The van der Waals surface area contributed by atoms with Crippen molar-refractivity contribution in [3.05, 3.63) is 11.1 Å². The number of allylic oxidation sites excluding steroid dienone is 1. The molecule has 1 fully saturated rings. The number of carbonyl (C=O) groups is 1. The molecule has 0 aromatic heterocycles. The van der Waals surface area contributed by atoms with Crippen molar-refractivity contribution in [3.63, 3.8) is 0 Å².